The van der Waals surface area contributed by atoms with Crippen LogP contribution in [0.4, 0.5) is 0 Å². The molecule has 0 aliphatic rings. The van der Waals surface area contributed by atoms with Crippen molar-refractivity contribution in [2.75, 3.05) is 6.79 Å². The van der Waals surface area contributed by atoms with Gasteiger partial charge < -0.3 is 4.74 Å². The van der Waals surface area contributed by atoms with Gasteiger partial charge in [-0.1, -0.05) is 0 Å². The van der Waals surface area contributed by atoms with Crippen molar-refractivity contribution in [2.24, 2.45) is 5.41 Å². The number of rotatable bonds is 3. The average Bonchev–Trinajstić information content (AvgIpc) is 1.84. The minimum atomic E-state index is -2.39. The van der Waals surface area contributed by atoms with E-state index in [-0.39, 0.29) is 0 Å². The van der Waals surface area contributed by atoms with Crippen molar-refractivity contribution in [3.8, 4) is 0 Å². The molecule has 0 aliphatic heterocycles. The third kappa shape index (κ3) is 5.22. The molecule has 0 fully saturated rings. The lowest BCUT2D eigenvalue weighted by atomic mass is 9.98. The van der Waals surface area contributed by atoms with Crippen LogP contribution in [0.1, 0.15) is 20.8 Å². The summed E-state index contributed by atoms with van der Waals surface area (Å²) in [6.45, 7) is 4.51. The molecule has 1 unspecified atom stereocenters. The minimum Gasteiger partial charge on any atom is -0.437 e. The number of esters is 1. The summed E-state index contributed by atoms with van der Waals surface area (Å²) < 4.78 is 26.7. The first-order valence-electron chi connectivity index (χ1n) is 3.25. The molecule has 72 valence electrons. The van der Waals surface area contributed by atoms with Crippen LogP contribution in [0.2, 0.25) is 0 Å². The second-order valence-corrected chi connectivity index (χ2v) is 3.80. The smallest absolute Gasteiger partial charge is 0.313 e. The fraction of sp³-hybridized carbons (Fsp3) is 0.833. The maximum Gasteiger partial charge on any atom is 0.313 e. The Labute approximate surface area is 73.5 Å². The van der Waals surface area contributed by atoms with Crippen LogP contribution in [0.15, 0.2) is 0 Å². The molecule has 0 radical (unpaired) electrons. The Hall–Kier alpha value is -0.460. The molecule has 0 spiro atoms. The summed E-state index contributed by atoms with van der Waals surface area (Å²) in [5.41, 5.74) is -0.625. The molecule has 0 aromatic carbocycles. The van der Waals surface area contributed by atoms with Crippen LogP contribution in [0.5, 0.6) is 0 Å². The zero-order valence-electron chi connectivity index (χ0n) is 7.20. The number of hydrogen-bond acceptors (Lipinski definition) is 4. The molecule has 0 saturated heterocycles. The van der Waals surface area contributed by atoms with E-state index in [1.54, 1.807) is 20.8 Å². The van der Waals surface area contributed by atoms with Crippen molar-refractivity contribution >= 4 is 17.3 Å². The lowest BCUT2D eigenvalue weighted by Crippen LogP contribution is -2.24. The van der Waals surface area contributed by atoms with Gasteiger partial charge in [-0.25, -0.2) is 4.18 Å². The van der Waals surface area contributed by atoms with E-state index in [0.29, 0.717) is 0 Å². The molecule has 5 nitrogen and oxygen atoms in total. The van der Waals surface area contributed by atoms with E-state index in [1.807, 2.05) is 0 Å². The van der Waals surface area contributed by atoms with Gasteiger partial charge in [0.25, 0.3) is 0 Å². The van der Waals surface area contributed by atoms with E-state index >= 15 is 0 Å². The highest BCUT2D eigenvalue weighted by molar-refractivity contribution is 7.74. The van der Waals surface area contributed by atoms with Gasteiger partial charge in [0.05, 0.1) is 5.41 Å². The average molecular weight is 196 g/mol. The van der Waals surface area contributed by atoms with Gasteiger partial charge in [0.15, 0.2) is 0 Å². The minimum absolute atomic E-state index is 0.479. The standard InChI is InChI=1S/C6H12O5S/c1-6(2,3)5(7)10-4-11-12(8)9/h4H2,1-3H3,(H,8,9). The molecule has 0 heterocycles. The Morgan fingerprint density at radius 1 is 1.50 bits per heavy atom. The molecule has 1 atom stereocenters. The Kier molecular flexibility index (Phi) is 4.36. The van der Waals surface area contributed by atoms with Crippen molar-refractivity contribution in [3.63, 3.8) is 0 Å². The third-order valence-electron chi connectivity index (χ3n) is 0.951. The highest BCUT2D eigenvalue weighted by Crippen LogP contribution is 2.14. The van der Waals surface area contributed by atoms with Gasteiger partial charge in [-0.15, -0.1) is 0 Å². The van der Waals surface area contributed by atoms with Crippen molar-refractivity contribution < 1.29 is 22.5 Å². The molecule has 1 N–H and O–H groups in total. The van der Waals surface area contributed by atoms with E-state index < -0.39 is 29.5 Å². The first kappa shape index (κ1) is 11.5. The van der Waals surface area contributed by atoms with Gasteiger partial charge in [-0.2, -0.15) is 4.21 Å². The maximum absolute atomic E-state index is 11.0. The van der Waals surface area contributed by atoms with Crippen LogP contribution in [0, 0.1) is 5.41 Å². The van der Waals surface area contributed by atoms with Crippen LogP contribution in [0.25, 0.3) is 0 Å². The number of ether oxygens (including phenoxy) is 1. The fourth-order valence-corrected chi connectivity index (χ4v) is 0.466. The Bertz CT molecular complexity index is 183. The molecule has 0 rings (SSSR count). The highest BCUT2D eigenvalue weighted by atomic mass is 32.2. The second-order valence-electron chi connectivity index (χ2n) is 3.13. The molecule has 0 saturated carbocycles. The summed E-state index contributed by atoms with van der Waals surface area (Å²) in [7, 11) is 0. The van der Waals surface area contributed by atoms with Crippen LogP contribution >= 0.6 is 0 Å². The zero-order valence-corrected chi connectivity index (χ0v) is 8.01. The molecule has 0 aromatic heterocycles. The lowest BCUT2D eigenvalue weighted by molar-refractivity contribution is -0.159. The summed E-state index contributed by atoms with van der Waals surface area (Å²) in [4.78, 5) is 11.0. The monoisotopic (exact) mass is 196 g/mol. The molecular formula is C6H12O5S. The summed E-state index contributed by atoms with van der Waals surface area (Å²) in [6, 6.07) is 0. The van der Waals surface area contributed by atoms with Crippen LogP contribution in [-0.4, -0.2) is 21.5 Å². The van der Waals surface area contributed by atoms with E-state index in [0.717, 1.165) is 0 Å². The topological polar surface area (TPSA) is 72.8 Å². The molecule has 6 heteroatoms. The summed E-state index contributed by atoms with van der Waals surface area (Å²) in [6.07, 6.45) is 0. The summed E-state index contributed by atoms with van der Waals surface area (Å²) in [5, 5.41) is 0. The molecular weight excluding hydrogens is 184 g/mol. The van der Waals surface area contributed by atoms with Crippen molar-refractivity contribution in [1.29, 1.82) is 0 Å². The van der Waals surface area contributed by atoms with Crippen LogP contribution < -0.4 is 0 Å². The van der Waals surface area contributed by atoms with E-state index in [9.17, 15) is 9.00 Å². The molecule has 0 bridgehead atoms. The van der Waals surface area contributed by atoms with Gasteiger partial charge in [0.2, 0.25) is 6.79 Å². The normalized spacial score (nSPS) is 14.0. The second kappa shape index (κ2) is 4.54. The lowest BCUT2D eigenvalue weighted by Gasteiger charge is -2.15. The summed E-state index contributed by atoms with van der Waals surface area (Å²) in [5.74, 6) is -0.479. The Morgan fingerprint density at radius 2 is 2.00 bits per heavy atom. The molecule has 0 amide bonds. The van der Waals surface area contributed by atoms with Crippen LogP contribution in [0.3, 0.4) is 0 Å². The highest BCUT2D eigenvalue weighted by Gasteiger charge is 2.22. The number of hydrogen-bond donors (Lipinski definition) is 1. The Balaban J connectivity index is 3.66. The van der Waals surface area contributed by atoms with Crippen LogP contribution in [-0.2, 0) is 25.1 Å². The Morgan fingerprint density at radius 3 is 2.33 bits per heavy atom. The van der Waals surface area contributed by atoms with E-state index in [1.165, 1.54) is 0 Å². The number of carbonyl (C=O) groups is 1. The van der Waals surface area contributed by atoms with Crippen molar-refractivity contribution in [1.82, 2.24) is 0 Å². The molecule has 0 aromatic rings. The quantitative estimate of drug-likeness (QED) is 0.408. The first-order valence-corrected chi connectivity index (χ1v) is 4.28. The summed E-state index contributed by atoms with van der Waals surface area (Å²) >= 11 is -2.39. The van der Waals surface area contributed by atoms with E-state index in [2.05, 4.69) is 8.92 Å². The van der Waals surface area contributed by atoms with Gasteiger partial charge in [0.1, 0.15) is 0 Å². The van der Waals surface area contributed by atoms with Gasteiger partial charge >= 0.3 is 17.3 Å². The predicted molar refractivity (Wildman–Crippen MR) is 42.3 cm³/mol. The maximum atomic E-state index is 11.0. The van der Waals surface area contributed by atoms with Gasteiger partial charge in [0, 0.05) is 0 Å². The predicted octanol–water partition coefficient (Wildman–Crippen LogP) is 0.686. The third-order valence-corrected chi connectivity index (χ3v) is 1.25. The largest absolute Gasteiger partial charge is 0.437 e. The SMILES string of the molecule is CC(C)(C)C(=O)OCOS(=O)O. The molecule has 0 aliphatic carbocycles. The number of carbonyl (C=O) groups excluding carboxylic acids is 1. The molecule has 12 heavy (non-hydrogen) atoms. The van der Waals surface area contributed by atoms with Crippen molar-refractivity contribution in [2.45, 2.75) is 20.8 Å². The van der Waals surface area contributed by atoms with Gasteiger partial charge in [-0.3, -0.25) is 9.35 Å². The first-order chi connectivity index (χ1) is 5.34. The van der Waals surface area contributed by atoms with Gasteiger partial charge in [-0.05, 0) is 20.8 Å². The van der Waals surface area contributed by atoms with Crippen molar-refractivity contribution in [3.05, 3.63) is 0 Å². The van der Waals surface area contributed by atoms with E-state index in [4.69, 9.17) is 4.55 Å². The zero-order chi connectivity index (χ0) is 9.78. The fourth-order valence-electron chi connectivity index (χ4n) is 0.335.